The summed E-state index contributed by atoms with van der Waals surface area (Å²) >= 11 is 0. The smallest absolute Gasteiger partial charge is 0.0258 e. The van der Waals surface area contributed by atoms with Gasteiger partial charge in [-0.15, -0.1) is 6.58 Å². The van der Waals surface area contributed by atoms with Gasteiger partial charge in [0, 0.05) is 38.3 Å². The Morgan fingerprint density at radius 3 is 1.79 bits per heavy atom. The van der Waals surface area contributed by atoms with Gasteiger partial charge in [-0.25, -0.2) is 0 Å². The van der Waals surface area contributed by atoms with Crippen LogP contribution in [0.2, 0.25) is 0 Å². The molecule has 0 radical (unpaired) electrons. The number of aryl methyl sites for hydroxylation is 1. The molecular weight excluding hydrogens is 400 g/mol. The van der Waals surface area contributed by atoms with Crippen molar-refractivity contribution in [1.82, 2.24) is 9.80 Å². The van der Waals surface area contributed by atoms with Crippen LogP contribution in [0, 0.1) is 6.92 Å². The molecule has 1 saturated carbocycles. The second-order valence-corrected chi connectivity index (χ2v) is 9.50. The molecule has 1 aliphatic rings. The Bertz CT molecular complexity index is 982. The first-order valence-electron chi connectivity index (χ1n) is 12.5. The predicted octanol–water partition coefficient (Wildman–Crippen LogP) is 7.00. The van der Waals surface area contributed by atoms with Crippen LogP contribution in [0.1, 0.15) is 47.9 Å². The zero-order chi connectivity index (χ0) is 22.9. The number of rotatable bonds is 10. The molecule has 0 amide bonds. The summed E-state index contributed by atoms with van der Waals surface area (Å²) in [6.45, 7) is 10.2. The van der Waals surface area contributed by atoms with Crippen LogP contribution in [-0.2, 0) is 19.6 Å². The lowest BCUT2D eigenvalue weighted by atomic mass is 9.87. The third-order valence-electron chi connectivity index (χ3n) is 6.92. The summed E-state index contributed by atoms with van der Waals surface area (Å²) in [5.74, 6) is 0. The lowest BCUT2D eigenvalue weighted by Gasteiger charge is -2.45. The highest BCUT2D eigenvalue weighted by Crippen LogP contribution is 2.31. The van der Waals surface area contributed by atoms with Crippen LogP contribution >= 0.6 is 0 Å². The Kier molecular flexibility index (Phi) is 8.52. The predicted molar refractivity (Wildman–Crippen MR) is 140 cm³/mol. The molecule has 172 valence electrons. The molecule has 3 aromatic rings. The van der Waals surface area contributed by atoms with Crippen LogP contribution in [-0.4, -0.2) is 28.4 Å². The van der Waals surface area contributed by atoms with Gasteiger partial charge in [0.25, 0.3) is 0 Å². The molecule has 0 bridgehead atoms. The van der Waals surface area contributed by atoms with E-state index in [1.807, 2.05) is 0 Å². The Morgan fingerprint density at radius 1 is 0.697 bits per heavy atom. The fraction of sp³-hybridized carbons (Fsp3) is 0.355. The molecule has 3 aromatic carbocycles. The lowest BCUT2D eigenvalue weighted by molar-refractivity contribution is 0.0400. The Morgan fingerprint density at radius 2 is 1.21 bits per heavy atom. The number of hydrogen-bond donors (Lipinski definition) is 0. The Balaban J connectivity index is 1.62. The number of hydrogen-bond acceptors (Lipinski definition) is 2. The molecule has 0 spiro atoms. The van der Waals surface area contributed by atoms with Crippen molar-refractivity contribution in [2.24, 2.45) is 0 Å². The van der Waals surface area contributed by atoms with E-state index >= 15 is 0 Å². The monoisotopic (exact) mass is 438 g/mol. The van der Waals surface area contributed by atoms with Gasteiger partial charge in [0.05, 0.1) is 0 Å². The molecule has 0 saturated heterocycles. The quantitative estimate of drug-likeness (QED) is 0.315. The summed E-state index contributed by atoms with van der Waals surface area (Å²) in [6, 6.07) is 32.0. The summed E-state index contributed by atoms with van der Waals surface area (Å²) < 4.78 is 0. The third kappa shape index (κ3) is 6.66. The molecule has 0 N–H and O–H groups in total. The van der Waals surface area contributed by atoms with Gasteiger partial charge >= 0.3 is 0 Å². The summed E-state index contributed by atoms with van der Waals surface area (Å²) in [4.78, 5) is 5.41. The van der Waals surface area contributed by atoms with Gasteiger partial charge in [0.1, 0.15) is 0 Å². The molecule has 0 aromatic heterocycles. The average Bonchev–Trinajstić information content (AvgIpc) is 2.85. The highest BCUT2D eigenvalue weighted by atomic mass is 15.2. The fourth-order valence-electron chi connectivity index (χ4n) is 5.40. The minimum atomic E-state index is 0.531. The topological polar surface area (TPSA) is 6.48 Å². The molecule has 1 fully saturated rings. The highest BCUT2D eigenvalue weighted by Gasteiger charge is 2.34. The van der Waals surface area contributed by atoms with E-state index in [1.54, 1.807) is 0 Å². The van der Waals surface area contributed by atoms with E-state index in [-0.39, 0.29) is 0 Å². The molecule has 33 heavy (non-hydrogen) atoms. The van der Waals surface area contributed by atoms with Crippen molar-refractivity contribution in [3.05, 3.63) is 120 Å². The molecular formula is C31H38N2. The van der Waals surface area contributed by atoms with Crippen LogP contribution in [0.25, 0.3) is 0 Å². The van der Waals surface area contributed by atoms with E-state index in [0.717, 1.165) is 26.2 Å². The second-order valence-electron chi connectivity index (χ2n) is 9.50. The summed E-state index contributed by atoms with van der Waals surface area (Å²) in [6.07, 6.45) is 7.22. The van der Waals surface area contributed by atoms with Crippen molar-refractivity contribution in [3.63, 3.8) is 0 Å². The van der Waals surface area contributed by atoms with Crippen LogP contribution in [0.5, 0.6) is 0 Å². The zero-order valence-electron chi connectivity index (χ0n) is 20.1. The Labute approximate surface area is 200 Å². The van der Waals surface area contributed by atoms with Crippen LogP contribution < -0.4 is 0 Å². The van der Waals surface area contributed by atoms with Crippen LogP contribution in [0.3, 0.4) is 0 Å². The second kappa shape index (κ2) is 12.0. The Hall–Kier alpha value is -2.68. The molecule has 0 aliphatic heterocycles. The molecule has 2 heteroatoms. The molecule has 2 nitrogen and oxygen atoms in total. The van der Waals surface area contributed by atoms with Gasteiger partial charge in [-0.2, -0.15) is 0 Å². The minimum absolute atomic E-state index is 0.531. The number of benzene rings is 3. The summed E-state index contributed by atoms with van der Waals surface area (Å²) in [5.41, 5.74) is 5.53. The van der Waals surface area contributed by atoms with Crippen molar-refractivity contribution < 1.29 is 0 Å². The summed E-state index contributed by atoms with van der Waals surface area (Å²) in [7, 11) is 0. The molecule has 4 rings (SSSR count). The lowest BCUT2D eigenvalue weighted by Crippen LogP contribution is -2.52. The van der Waals surface area contributed by atoms with Gasteiger partial charge in [0.15, 0.2) is 0 Å². The first kappa shape index (κ1) is 23.5. The zero-order valence-corrected chi connectivity index (χ0v) is 20.1. The van der Waals surface area contributed by atoms with E-state index in [0.29, 0.717) is 12.1 Å². The maximum Gasteiger partial charge on any atom is 0.0258 e. The van der Waals surface area contributed by atoms with Gasteiger partial charge in [-0.3, -0.25) is 9.80 Å². The molecule has 0 heterocycles. The number of nitrogens with zero attached hydrogens (tertiary/aromatic N) is 2. The SMILES string of the molecule is C=CCN(Cc1ccccc1)[C@@H]1CCCC[C@H]1N(Cc1ccccc1)Cc1cccc(C)c1. The largest absolute Gasteiger partial charge is 0.291 e. The van der Waals surface area contributed by atoms with E-state index in [1.165, 1.54) is 47.9 Å². The van der Waals surface area contributed by atoms with Crippen molar-refractivity contribution in [3.8, 4) is 0 Å². The van der Waals surface area contributed by atoms with Gasteiger partial charge in [0.2, 0.25) is 0 Å². The molecule has 2 atom stereocenters. The van der Waals surface area contributed by atoms with Gasteiger partial charge in [-0.05, 0) is 36.5 Å². The first-order chi connectivity index (χ1) is 16.2. The normalized spacial score (nSPS) is 18.5. The maximum absolute atomic E-state index is 4.10. The van der Waals surface area contributed by atoms with E-state index in [4.69, 9.17) is 0 Å². The van der Waals surface area contributed by atoms with Crippen molar-refractivity contribution >= 4 is 0 Å². The molecule has 0 unspecified atom stereocenters. The third-order valence-corrected chi connectivity index (χ3v) is 6.92. The van der Waals surface area contributed by atoms with Crippen molar-refractivity contribution in [2.45, 2.75) is 64.3 Å². The maximum atomic E-state index is 4.10. The van der Waals surface area contributed by atoms with E-state index < -0.39 is 0 Å². The van der Waals surface area contributed by atoms with Crippen LogP contribution in [0.4, 0.5) is 0 Å². The average molecular weight is 439 g/mol. The first-order valence-corrected chi connectivity index (χ1v) is 12.5. The van der Waals surface area contributed by atoms with Gasteiger partial charge < -0.3 is 0 Å². The highest BCUT2D eigenvalue weighted by molar-refractivity contribution is 5.23. The summed E-state index contributed by atoms with van der Waals surface area (Å²) in [5, 5.41) is 0. The van der Waals surface area contributed by atoms with Crippen molar-refractivity contribution in [1.29, 1.82) is 0 Å². The minimum Gasteiger partial charge on any atom is -0.291 e. The van der Waals surface area contributed by atoms with E-state index in [2.05, 4.69) is 114 Å². The van der Waals surface area contributed by atoms with Crippen molar-refractivity contribution in [2.75, 3.05) is 6.54 Å². The standard InChI is InChI=1S/C31H38N2/c1-3-21-32(23-27-14-6-4-7-15-27)30-19-10-11-20-31(30)33(24-28-16-8-5-9-17-28)25-29-18-12-13-26(2)22-29/h3-9,12-18,22,30-31H,1,10-11,19-21,23-25H2,2H3/t30-,31-/m1/s1. The van der Waals surface area contributed by atoms with Crippen LogP contribution in [0.15, 0.2) is 97.6 Å². The molecule has 1 aliphatic carbocycles. The fourth-order valence-corrected chi connectivity index (χ4v) is 5.40. The van der Waals surface area contributed by atoms with E-state index in [9.17, 15) is 0 Å². The van der Waals surface area contributed by atoms with Gasteiger partial charge in [-0.1, -0.05) is 109 Å².